The molecule has 18 heavy (non-hydrogen) atoms. The highest BCUT2D eigenvalue weighted by atomic mass is 32.1. The molecule has 1 saturated carbocycles. The zero-order valence-corrected chi connectivity index (χ0v) is 11.5. The lowest BCUT2D eigenvalue weighted by Gasteiger charge is -2.43. The number of aryl methyl sites for hydroxylation is 1. The van der Waals surface area contributed by atoms with E-state index in [1.807, 2.05) is 6.07 Å². The number of rotatable bonds is 2. The van der Waals surface area contributed by atoms with Crippen molar-refractivity contribution in [3.63, 3.8) is 0 Å². The van der Waals surface area contributed by atoms with Crippen LogP contribution >= 0.6 is 12.2 Å². The Morgan fingerprint density at radius 2 is 2.17 bits per heavy atom. The Balaban J connectivity index is 2.32. The number of aromatic amines is 1. The van der Waals surface area contributed by atoms with E-state index in [1.165, 1.54) is 19.3 Å². The van der Waals surface area contributed by atoms with Crippen molar-refractivity contribution in [2.24, 2.45) is 0 Å². The van der Waals surface area contributed by atoms with Gasteiger partial charge in [-0.25, -0.2) is 4.39 Å². The van der Waals surface area contributed by atoms with Gasteiger partial charge in [-0.3, -0.25) is 0 Å². The molecule has 0 bridgehead atoms. The van der Waals surface area contributed by atoms with E-state index >= 15 is 0 Å². The van der Waals surface area contributed by atoms with Crippen molar-refractivity contribution in [1.82, 2.24) is 9.55 Å². The number of H-pyrrole nitrogens is 1. The molecule has 0 aliphatic heterocycles. The summed E-state index contributed by atoms with van der Waals surface area (Å²) in [5, 5.41) is 0. The van der Waals surface area contributed by atoms with E-state index in [4.69, 9.17) is 12.2 Å². The smallest absolute Gasteiger partial charge is 0.178 e. The van der Waals surface area contributed by atoms with Gasteiger partial charge in [0, 0.05) is 5.54 Å². The summed E-state index contributed by atoms with van der Waals surface area (Å²) in [5.74, 6) is -0.176. The first-order valence-corrected chi connectivity index (χ1v) is 6.89. The molecule has 1 fully saturated rings. The second-order valence-corrected chi connectivity index (χ2v) is 5.70. The number of fused-ring (bicyclic) bond motifs is 1. The lowest BCUT2D eigenvalue weighted by atomic mass is 9.74. The first-order chi connectivity index (χ1) is 8.57. The molecule has 0 amide bonds. The van der Waals surface area contributed by atoms with Gasteiger partial charge in [0.2, 0.25) is 0 Å². The molecule has 0 unspecified atom stereocenters. The lowest BCUT2D eigenvalue weighted by molar-refractivity contribution is 0.140. The first-order valence-electron chi connectivity index (χ1n) is 6.49. The molecular formula is C14H17FN2S. The fourth-order valence-electron chi connectivity index (χ4n) is 3.02. The Kier molecular flexibility index (Phi) is 2.59. The number of hydrogen-bond acceptors (Lipinski definition) is 1. The molecule has 1 aliphatic rings. The van der Waals surface area contributed by atoms with Crippen molar-refractivity contribution in [2.75, 3.05) is 0 Å². The molecule has 0 saturated heterocycles. The second-order valence-electron chi connectivity index (χ2n) is 5.32. The zero-order valence-electron chi connectivity index (χ0n) is 10.7. The van der Waals surface area contributed by atoms with Crippen LogP contribution in [0.25, 0.3) is 11.0 Å². The maximum absolute atomic E-state index is 13.6. The minimum atomic E-state index is -0.176. The van der Waals surface area contributed by atoms with Gasteiger partial charge in [-0.1, -0.05) is 6.92 Å². The van der Waals surface area contributed by atoms with E-state index in [-0.39, 0.29) is 11.4 Å². The predicted molar refractivity (Wildman–Crippen MR) is 73.9 cm³/mol. The molecule has 1 aliphatic carbocycles. The minimum Gasteiger partial charge on any atom is -0.330 e. The van der Waals surface area contributed by atoms with E-state index in [2.05, 4.69) is 16.5 Å². The van der Waals surface area contributed by atoms with Crippen molar-refractivity contribution in [3.05, 3.63) is 28.3 Å². The molecule has 4 heteroatoms. The molecule has 2 aromatic rings. The normalized spacial score (nSPS) is 17.9. The van der Waals surface area contributed by atoms with Crippen molar-refractivity contribution in [3.8, 4) is 0 Å². The molecule has 0 atom stereocenters. The van der Waals surface area contributed by atoms with E-state index in [0.717, 1.165) is 22.2 Å². The molecule has 3 rings (SSSR count). The molecule has 1 aromatic carbocycles. The van der Waals surface area contributed by atoms with Gasteiger partial charge in [-0.15, -0.1) is 0 Å². The number of aromatic nitrogens is 2. The molecule has 96 valence electrons. The van der Waals surface area contributed by atoms with Crippen LogP contribution in [-0.4, -0.2) is 9.55 Å². The van der Waals surface area contributed by atoms with Crippen molar-refractivity contribution in [2.45, 2.75) is 45.1 Å². The lowest BCUT2D eigenvalue weighted by Crippen LogP contribution is -2.39. The third kappa shape index (κ3) is 1.48. The Morgan fingerprint density at radius 1 is 1.44 bits per heavy atom. The quantitative estimate of drug-likeness (QED) is 0.795. The summed E-state index contributed by atoms with van der Waals surface area (Å²) in [4.78, 5) is 3.14. The van der Waals surface area contributed by atoms with Crippen molar-refractivity contribution in [1.29, 1.82) is 0 Å². The number of nitrogens with one attached hydrogen (secondary N) is 1. The molecule has 0 spiro atoms. The third-order valence-electron chi connectivity index (χ3n) is 4.38. The van der Waals surface area contributed by atoms with E-state index in [9.17, 15) is 4.39 Å². The SMILES string of the molecule is CCC1(n2c(=S)[nH]c3cc(F)c(C)cc32)CCC1. The summed E-state index contributed by atoms with van der Waals surface area (Å²) in [7, 11) is 0. The summed E-state index contributed by atoms with van der Waals surface area (Å²) in [6, 6.07) is 3.46. The second kappa shape index (κ2) is 3.92. The Bertz CT molecular complexity index is 659. The summed E-state index contributed by atoms with van der Waals surface area (Å²) < 4.78 is 16.5. The van der Waals surface area contributed by atoms with Gasteiger partial charge in [0.15, 0.2) is 4.77 Å². The predicted octanol–water partition coefficient (Wildman–Crippen LogP) is 4.44. The number of nitrogens with zero attached hydrogens (tertiary/aromatic N) is 1. The highest BCUT2D eigenvalue weighted by Crippen LogP contribution is 2.44. The average molecular weight is 264 g/mol. The highest BCUT2D eigenvalue weighted by Gasteiger charge is 2.38. The van der Waals surface area contributed by atoms with E-state index < -0.39 is 0 Å². The molecule has 0 radical (unpaired) electrons. The molecule has 2 nitrogen and oxygen atoms in total. The standard InChI is InChI=1S/C14H17FN2S/c1-3-14(5-4-6-14)17-12-7-9(2)10(15)8-11(12)16-13(17)18/h7-8H,3-6H2,1-2H3,(H,16,18). The van der Waals surface area contributed by atoms with E-state index in [0.29, 0.717) is 5.56 Å². The Morgan fingerprint density at radius 3 is 2.72 bits per heavy atom. The highest BCUT2D eigenvalue weighted by molar-refractivity contribution is 7.71. The first kappa shape index (κ1) is 11.9. The number of hydrogen-bond donors (Lipinski definition) is 1. The van der Waals surface area contributed by atoms with Crippen LogP contribution in [0.5, 0.6) is 0 Å². The fraction of sp³-hybridized carbons (Fsp3) is 0.500. The third-order valence-corrected chi connectivity index (χ3v) is 4.66. The van der Waals surface area contributed by atoms with Gasteiger partial charge in [0.1, 0.15) is 5.82 Å². The fourth-order valence-corrected chi connectivity index (χ4v) is 3.42. The Hall–Kier alpha value is -1.16. The Labute approximate surface area is 111 Å². The largest absolute Gasteiger partial charge is 0.330 e. The number of imidazole rings is 1. The van der Waals surface area contributed by atoms with Gasteiger partial charge in [0.05, 0.1) is 11.0 Å². The monoisotopic (exact) mass is 264 g/mol. The van der Waals surface area contributed by atoms with Gasteiger partial charge in [0.25, 0.3) is 0 Å². The van der Waals surface area contributed by atoms with Crippen LogP contribution in [0.2, 0.25) is 0 Å². The maximum atomic E-state index is 13.6. The van der Waals surface area contributed by atoms with Gasteiger partial charge < -0.3 is 9.55 Å². The van der Waals surface area contributed by atoms with Gasteiger partial charge in [-0.2, -0.15) is 0 Å². The molecule has 1 heterocycles. The van der Waals surface area contributed by atoms with Gasteiger partial charge in [-0.05, 0) is 62.5 Å². The summed E-state index contributed by atoms with van der Waals surface area (Å²) in [6.07, 6.45) is 4.66. The van der Waals surface area contributed by atoms with Crippen LogP contribution in [0.3, 0.4) is 0 Å². The summed E-state index contributed by atoms with van der Waals surface area (Å²) >= 11 is 5.44. The molecule has 1 aromatic heterocycles. The van der Waals surface area contributed by atoms with Crippen LogP contribution in [-0.2, 0) is 5.54 Å². The summed E-state index contributed by atoms with van der Waals surface area (Å²) in [6.45, 7) is 4.00. The van der Waals surface area contributed by atoms with Crippen LogP contribution in [0.4, 0.5) is 4.39 Å². The topological polar surface area (TPSA) is 20.7 Å². The molecule has 1 N–H and O–H groups in total. The number of benzene rings is 1. The van der Waals surface area contributed by atoms with Crippen LogP contribution in [0.1, 0.15) is 38.2 Å². The minimum absolute atomic E-state index is 0.152. The maximum Gasteiger partial charge on any atom is 0.178 e. The number of halogens is 1. The van der Waals surface area contributed by atoms with Crippen molar-refractivity contribution < 1.29 is 4.39 Å². The average Bonchev–Trinajstić information content (AvgIpc) is 2.57. The van der Waals surface area contributed by atoms with Gasteiger partial charge >= 0.3 is 0 Å². The van der Waals surface area contributed by atoms with Crippen LogP contribution < -0.4 is 0 Å². The summed E-state index contributed by atoms with van der Waals surface area (Å²) in [5.41, 5.74) is 2.68. The van der Waals surface area contributed by atoms with Crippen LogP contribution in [0, 0.1) is 17.5 Å². The zero-order chi connectivity index (χ0) is 12.9. The van der Waals surface area contributed by atoms with Crippen LogP contribution in [0.15, 0.2) is 12.1 Å². The van der Waals surface area contributed by atoms with Crippen molar-refractivity contribution >= 4 is 23.3 Å². The van der Waals surface area contributed by atoms with E-state index in [1.54, 1.807) is 13.0 Å². The molecular weight excluding hydrogens is 247 g/mol.